The molecule has 0 aliphatic heterocycles. The number of halogens is 2. The quantitative estimate of drug-likeness (QED) is 0.562. The molecular weight excluding hydrogens is 265 g/mol. The lowest BCUT2D eigenvalue weighted by atomic mass is 10.0. The van der Waals surface area contributed by atoms with E-state index >= 15 is 0 Å². The number of hydrogen-bond acceptors (Lipinski definition) is 2. The topological polar surface area (TPSA) is 22.1 Å². The van der Waals surface area contributed by atoms with Crippen LogP contribution in [0.3, 0.4) is 0 Å². The minimum absolute atomic E-state index is 0.0222. The predicted octanol–water partition coefficient (Wildman–Crippen LogP) is 4.59. The predicted molar refractivity (Wildman–Crippen MR) is 76.0 cm³/mol. The third-order valence-corrected chi connectivity index (χ3v) is 2.61. The summed E-state index contributed by atoms with van der Waals surface area (Å²) in [6.07, 6.45) is 3.09. The molecule has 0 amide bonds. The minimum Gasteiger partial charge on any atom is -0.487 e. The van der Waals surface area contributed by atoms with Crippen LogP contribution in [0.15, 0.2) is 53.9 Å². The zero-order valence-corrected chi connectivity index (χ0v) is 11.9. The van der Waals surface area contributed by atoms with Gasteiger partial charge in [-0.25, -0.2) is 4.39 Å². The summed E-state index contributed by atoms with van der Waals surface area (Å²) >= 11 is 5.75. The second kappa shape index (κ2) is 7.10. The van der Waals surface area contributed by atoms with Crippen LogP contribution in [0.4, 0.5) is 4.39 Å². The van der Waals surface area contributed by atoms with Crippen molar-refractivity contribution in [1.29, 1.82) is 0 Å². The molecule has 2 nitrogen and oxygen atoms in total. The van der Waals surface area contributed by atoms with Crippen LogP contribution in [0.25, 0.3) is 0 Å². The van der Waals surface area contributed by atoms with Crippen molar-refractivity contribution >= 4 is 11.6 Å². The highest BCUT2D eigenvalue weighted by atomic mass is 35.5. The van der Waals surface area contributed by atoms with E-state index < -0.39 is 5.82 Å². The molecule has 0 unspecified atom stereocenters. The first-order chi connectivity index (χ1) is 8.91. The molecule has 1 heterocycles. The first-order valence-corrected chi connectivity index (χ1v) is 6.27. The largest absolute Gasteiger partial charge is 0.487 e. The van der Waals surface area contributed by atoms with Gasteiger partial charge in [-0.15, -0.1) is 0 Å². The molecule has 19 heavy (non-hydrogen) atoms. The molecule has 0 aliphatic carbocycles. The van der Waals surface area contributed by atoms with Gasteiger partial charge in [0.2, 0.25) is 0 Å². The highest BCUT2D eigenvalue weighted by Gasteiger charge is 2.11. The Bertz CT molecular complexity index is 509. The minimum atomic E-state index is -0.401. The van der Waals surface area contributed by atoms with Gasteiger partial charge in [-0.1, -0.05) is 38.6 Å². The van der Waals surface area contributed by atoms with Crippen LogP contribution in [-0.4, -0.2) is 4.98 Å². The molecule has 0 aromatic carbocycles. The SMILES string of the molecule is C=C(Cl)/C=C(/OCc1ncccc1F)C(=C)C(C)C. The fourth-order valence-electron chi connectivity index (χ4n) is 1.32. The van der Waals surface area contributed by atoms with E-state index in [2.05, 4.69) is 18.1 Å². The van der Waals surface area contributed by atoms with E-state index in [-0.39, 0.29) is 18.2 Å². The Labute approximate surface area is 118 Å². The maximum absolute atomic E-state index is 13.4. The normalized spacial score (nSPS) is 11.5. The number of nitrogens with zero attached hydrogens (tertiary/aromatic N) is 1. The zero-order valence-electron chi connectivity index (χ0n) is 11.1. The standard InChI is InChI=1S/C15H17ClFNO/c1-10(2)12(4)15(8-11(3)16)19-9-14-13(17)6-5-7-18-14/h5-8,10H,3-4,9H2,1-2H3/b15-8+. The van der Waals surface area contributed by atoms with Crippen molar-refractivity contribution in [1.82, 2.24) is 4.98 Å². The monoisotopic (exact) mass is 281 g/mol. The molecule has 0 atom stereocenters. The van der Waals surface area contributed by atoms with Gasteiger partial charge in [0.05, 0.1) is 0 Å². The van der Waals surface area contributed by atoms with Gasteiger partial charge in [0.15, 0.2) is 0 Å². The lowest BCUT2D eigenvalue weighted by Crippen LogP contribution is -2.04. The Morgan fingerprint density at radius 3 is 2.74 bits per heavy atom. The lowest BCUT2D eigenvalue weighted by Gasteiger charge is -2.15. The number of ether oxygens (including phenoxy) is 1. The summed E-state index contributed by atoms with van der Waals surface area (Å²) in [5, 5.41) is 0.332. The van der Waals surface area contributed by atoms with Gasteiger partial charge in [0.25, 0.3) is 0 Å². The molecule has 0 fully saturated rings. The number of pyridine rings is 1. The van der Waals surface area contributed by atoms with E-state index in [0.29, 0.717) is 10.8 Å². The molecule has 0 saturated heterocycles. The van der Waals surface area contributed by atoms with Crippen LogP contribution in [-0.2, 0) is 11.3 Å². The molecule has 102 valence electrons. The second-order valence-corrected chi connectivity index (χ2v) is 4.84. The van der Waals surface area contributed by atoms with Crippen molar-refractivity contribution in [3.8, 4) is 0 Å². The van der Waals surface area contributed by atoms with Crippen molar-refractivity contribution in [3.05, 3.63) is 65.4 Å². The van der Waals surface area contributed by atoms with Gasteiger partial charge < -0.3 is 4.74 Å². The van der Waals surface area contributed by atoms with E-state index in [1.54, 1.807) is 6.08 Å². The van der Waals surface area contributed by atoms with Crippen molar-refractivity contribution in [2.45, 2.75) is 20.5 Å². The third-order valence-electron chi connectivity index (χ3n) is 2.50. The third kappa shape index (κ3) is 4.87. The summed E-state index contributed by atoms with van der Waals surface area (Å²) in [5.41, 5.74) is 1.02. The van der Waals surface area contributed by atoms with Gasteiger partial charge >= 0.3 is 0 Å². The van der Waals surface area contributed by atoms with Crippen LogP contribution in [0.1, 0.15) is 19.5 Å². The zero-order chi connectivity index (χ0) is 14.4. The maximum atomic E-state index is 13.4. The summed E-state index contributed by atoms with van der Waals surface area (Å²) in [6.45, 7) is 11.5. The fourth-order valence-corrected chi connectivity index (χ4v) is 1.42. The number of allylic oxidation sites excluding steroid dienone is 3. The Hall–Kier alpha value is -1.61. The van der Waals surface area contributed by atoms with Crippen LogP contribution in [0, 0.1) is 11.7 Å². The van der Waals surface area contributed by atoms with Gasteiger partial charge in [0, 0.05) is 11.2 Å². The molecule has 0 aliphatic rings. The summed E-state index contributed by atoms with van der Waals surface area (Å²) in [5.74, 6) is 0.289. The van der Waals surface area contributed by atoms with Crippen molar-refractivity contribution in [2.75, 3.05) is 0 Å². The number of aromatic nitrogens is 1. The van der Waals surface area contributed by atoms with Gasteiger partial charge in [-0.2, -0.15) is 0 Å². The van der Waals surface area contributed by atoms with E-state index in [1.165, 1.54) is 18.3 Å². The summed E-state index contributed by atoms with van der Waals surface area (Å²) in [6, 6.07) is 2.87. The van der Waals surface area contributed by atoms with E-state index in [1.807, 2.05) is 13.8 Å². The first kappa shape index (κ1) is 15.4. The van der Waals surface area contributed by atoms with E-state index in [4.69, 9.17) is 16.3 Å². The second-order valence-electron chi connectivity index (χ2n) is 4.36. The molecule has 0 bridgehead atoms. The number of rotatable bonds is 6. The lowest BCUT2D eigenvalue weighted by molar-refractivity contribution is 0.195. The molecular formula is C15H17ClFNO. The smallest absolute Gasteiger partial charge is 0.148 e. The van der Waals surface area contributed by atoms with Crippen LogP contribution in [0.2, 0.25) is 0 Å². The van der Waals surface area contributed by atoms with Crippen molar-refractivity contribution < 1.29 is 9.13 Å². The van der Waals surface area contributed by atoms with Gasteiger partial charge in [-0.05, 0) is 29.7 Å². The molecule has 0 radical (unpaired) electrons. The average Bonchev–Trinajstić information content (AvgIpc) is 2.34. The first-order valence-electron chi connectivity index (χ1n) is 5.89. The highest BCUT2D eigenvalue weighted by molar-refractivity contribution is 6.30. The Morgan fingerprint density at radius 1 is 1.53 bits per heavy atom. The van der Waals surface area contributed by atoms with Gasteiger partial charge in [0.1, 0.15) is 23.9 Å². The van der Waals surface area contributed by atoms with Crippen molar-refractivity contribution in [2.24, 2.45) is 5.92 Å². The van der Waals surface area contributed by atoms with Crippen molar-refractivity contribution in [3.63, 3.8) is 0 Å². The molecule has 4 heteroatoms. The summed E-state index contributed by atoms with van der Waals surface area (Å²) in [4.78, 5) is 3.92. The van der Waals surface area contributed by atoms with E-state index in [9.17, 15) is 4.39 Å². The average molecular weight is 282 g/mol. The molecule has 0 saturated carbocycles. The Morgan fingerprint density at radius 2 is 2.21 bits per heavy atom. The fraction of sp³-hybridized carbons (Fsp3) is 0.267. The Balaban J connectivity index is 2.83. The molecule has 1 rings (SSSR count). The highest BCUT2D eigenvalue weighted by Crippen LogP contribution is 2.22. The number of hydrogen-bond donors (Lipinski definition) is 0. The molecule has 0 spiro atoms. The molecule has 0 N–H and O–H groups in total. The summed E-state index contributed by atoms with van der Waals surface area (Å²) in [7, 11) is 0. The summed E-state index contributed by atoms with van der Waals surface area (Å²) < 4.78 is 19.0. The van der Waals surface area contributed by atoms with Crippen LogP contribution in [0.5, 0.6) is 0 Å². The van der Waals surface area contributed by atoms with E-state index in [0.717, 1.165) is 5.57 Å². The van der Waals surface area contributed by atoms with Crippen LogP contribution < -0.4 is 0 Å². The van der Waals surface area contributed by atoms with Gasteiger partial charge in [-0.3, -0.25) is 4.98 Å². The Kier molecular flexibility index (Phi) is 5.77. The molecule has 1 aromatic rings. The maximum Gasteiger partial charge on any atom is 0.148 e. The molecule has 1 aromatic heterocycles. The van der Waals surface area contributed by atoms with Crippen LogP contribution >= 0.6 is 11.6 Å².